The molecular formula is C17H27NO3. The lowest BCUT2D eigenvalue weighted by molar-refractivity contribution is -0.137. The minimum absolute atomic E-state index is 0.206. The Bertz CT molecular complexity index is 432. The number of rotatable bonds is 10. The second-order valence-electron chi connectivity index (χ2n) is 5.59. The SMILES string of the molecule is Cc1ccccc1OCCCCN(CCC(=O)O)C(C)C. The van der Waals surface area contributed by atoms with Gasteiger partial charge in [0.1, 0.15) is 5.75 Å². The molecule has 0 fully saturated rings. The van der Waals surface area contributed by atoms with Crippen LogP contribution in [-0.2, 0) is 4.79 Å². The molecule has 1 N–H and O–H groups in total. The Morgan fingerprint density at radius 2 is 1.95 bits per heavy atom. The van der Waals surface area contributed by atoms with Crippen LogP contribution in [0.1, 0.15) is 38.7 Å². The molecular weight excluding hydrogens is 266 g/mol. The summed E-state index contributed by atoms with van der Waals surface area (Å²) < 4.78 is 5.76. The number of hydrogen-bond acceptors (Lipinski definition) is 3. The van der Waals surface area contributed by atoms with Gasteiger partial charge in [-0.1, -0.05) is 18.2 Å². The summed E-state index contributed by atoms with van der Waals surface area (Å²) in [5.41, 5.74) is 1.16. The van der Waals surface area contributed by atoms with Gasteiger partial charge in [-0.05, 0) is 51.8 Å². The van der Waals surface area contributed by atoms with Crippen LogP contribution in [-0.4, -0.2) is 41.7 Å². The Labute approximate surface area is 127 Å². The van der Waals surface area contributed by atoms with Gasteiger partial charge >= 0.3 is 5.97 Å². The van der Waals surface area contributed by atoms with E-state index >= 15 is 0 Å². The fourth-order valence-electron chi connectivity index (χ4n) is 2.18. The van der Waals surface area contributed by atoms with Crippen LogP contribution in [0, 0.1) is 6.92 Å². The topological polar surface area (TPSA) is 49.8 Å². The first-order valence-corrected chi connectivity index (χ1v) is 7.65. The summed E-state index contributed by atoms with van der Waals surface area (Å²) in [5, 5.41) is 8.76. The van der Waals surface area contributed by atoms with E-state index in [0.29, 0.717) is 19.2 Å². The van der Waals surface area contributed by atoms with Crippen LogP contribution in [0.15, 0.2) is 24.3 Å². The van der Waals surface area contributed by atoms with E-state index in [-0.39, 0.29) is 6.42 Å². The first-order chi connectivity index (χ1) is 10.0. The zero-order valence-electron chi connectivity index (χ0n) is 13.3. The molecule has 118 valence electrons. The first kappa shape index (κ1) is 17.5. The molecule has 0 spiro atoms. The zero-order chi connectivity index (χ0) is 15.7. The highest BCUT2D eigenvalue weighted by Gasteiger charge is 2.10. The molecule has 1 aromatic carbocycles. The van der Waals surface area contributed by atoms with E-state index in [1.165, 1.54) is 0 Å². The van der Waals surface area contributed by atoms with Gasteiger partial charge in [0, 0.05) is 12.6 Å². The molecule has 21 heavy (non-hydrogen) atoms. The maximum absolute atomic E-state index is 10.6. The monoisotopic (exact) mass is 293 g/mol. The van der Waals surface area contributed by atoms with Gasteiger partial charge in [-0.3, -0.25) is 4.79 Å². The van der Waals surface area contributed by atoms with Gasteiger partial charge in [-0.2, -0.15) is 0 Å². The fourth-order valence-corrected chi connectivity index (χ4v) is 2.18. The number of hydrogen-bond donors (Lipinski definition) is 1. The van der Waals surface area contributed by atoms with Crippen molar-refractivity contribution >= 4 is 5.97 Å². The van der Waals surface area contributed by atoms with E-state index in [9.17, 15) is 4.79 Å². The molecule has 4 heteroatoms. The standard InChI is InChI=1S/C17H27NO3/c1-14(2)18(12-10-17(19)20)11-6-7-13-21-16-9-5-4-8-15(16)3/h4-5,8-9,14H,6-7,10-13H2,1-3H3,(H,19,20). The summed E-state index contributed by atoms with van der Waals surface area (Å²) in [6.45, 7) is 8.49. The van der Waals surface area contributed by atoms with E-state index in [1.807, 2.05) is 31.2 Å². The van der Waals surface area contributed by atoms with Crippen molar-refractivity contribution in [2.24, 2.45) is 0 Å². The second-order valence-corrected chi connectivity index (χ2v) is 5.59. The molecule has 1 aromatic rings. The maximum Gasteiger partial charge on any atom is 0.304 e. The largest absolute Gasteiger partial charge is 0.493 e. The molecule has 0 radical (unpaired) electrons. The number of benzene rings is 1. The number of carboxylic acids is 1. The van der Waals surface area contributed by atoms with Crippen LogP contribution in [0.4, 0.5) is 0 Å². The van der Waals surface area contributed by atoms with Crippen LogP contribution in [0.3, 0.4) is 0 Å². The third-order valence-electron chi connectivity index (χ3n) is 3.53. The smallest absolute Gasteiger partial charge is 0.304 e. The molecule has 0 unspecified atom stereocenters. The number of unbranched alkanes of at least 4 members (excludes halogenated alkanes) is 1. The van der Waals surface area contributed by atoms with Gasteiger partial charge < -0.3 is 14.7 Å². The molecule has 0 bridgehead atoms. The highest BCUT2D eigenvalue weighted by atomic mass is 16.5. The van der Waals surface area contributed by atoms with Gasteiger partial charge in [0.2, 0.25) is 0 Å². The number of ether oxygens (including phenoxy) is 1. The number of aryl methyl sites for hydroxylation is 1. The number of nitrogens with zero attached hydrogens (tertiary/aromatic N) is 1. The van der Waals surface area contributed by atoms with Gasteiger partial charge in [0.25, 0.3) is 0 Å². The minimum Gasteiger partial charge on any atom is -0.493 e. The lowest BCUT2D eigenvalue weighted by Gasteiger charge is -2.25. The van der Waals surface area contributed by atoms with Crippen molar-refractivity contribution in [2.45, 2.75) is 46.1 Å². The van der Waals surface area contributed by atoms with Gasteiger partial charge in [0.05, 0.1) is 13.0 Å². The van der Waals surface area contributed by atoms with Crippen molar-refractivity contribution in [3.05, 3.63) is 29.8 Å². The van der Waals surface area contributed by atoms with Crippen molar-refractivity contribution in [3.8, 4) is 5.75 Å². The Balaban J connectivity index is 2.22. The molecule has 0 aromatic heterocycles. The summed E-state index contributed by atoms with van der Waals surface area (Å²) in [4.78, 5) is 12.9. The lowest BCUT2D eigenvalue weighted by atomic mass is 10.2. The van der Waals surface area contributed by atoms with Crippen molar-refractivity contribution < 1.29 is 14.6 Å². The van der Waals surface area contributed by atoms with E-state index in [2.05, 4.69) is 18.7 Å². The van der Waals surface area contributed by atoms with Crippen molar-refractivity contribution in [2.75, 3.05) is 19.7 Å². The summed E-state index contributed by atoms with van der Waals surface area (Å²) in [6, 6.07) is 8.39. The Morgan fingerprint density at radius 1 is 1.24 bits per heavy atom. The summed E-state index contributed by atoms with van der Waals surface area (Å²) >= 11 is 0. The minimum atomic E-state index is -0.733. The number of aliphatic carboxylic acids is 1. The predicted molar refractivity (Wildman–Crippen MR) is 84.9 cm³/mol. The lowest BCUT2D eigenvalue weighted by Crippen LogP contribution is -2.34. The summed E-state index contributed by atoms with van der Waals surface area (Å²) in [5.74, 6) is 0.215. The Morgan fingerprint density at radius 3 is 2.57 bits per heavy atom. The van der Waals surface area contributed by atoms with Crippen LogP contribution in [0.5, 0.6) is 5.75 Å². The van der Waals surface area contributed by atoms with Crippen LogP contribution in [0.25, 0.3) is 0 Å². The van der Waals surface area contributed by atoms with Crippen LogP contribution < -0.4 is 4.74 Å². The van der Waals surface area contributed by atoms with Gasteiger partial charge in [-0.15, -0.1) is 0 Å². The quantitative estimate of drug-likeness (QED) is 0.672. The average molecular weight is 293 g/mol. The Kier molecular flexibility index (Phi) is 7.83. The van der Waals surface area contributed by atoms with Crippen LogP contribution in [0.2, 0.25) is 0 Å². The Hall–Kier alpha value is -1.55. The first-order valence-electron chi connectivity index (χ1n) is 7.65. The third kappa shape index (κ3) is 7.14. The highest BCUT2D eigenvalue weighted by molar-refractivity contribution is 5.66. The molecule has 0 aliphatic carbocycles. The molecule has 0 atom stereocenters. The number of carboxylic acid groups (broad SMARTS) is 1. The van der Waals surface area contributed by atoms with Crippen molar-refractivity contribution in [1.29, 1.82) is 0 Å². The van der Waals surface area contributed by atoms with E-state index < -0.39 is 5.97 Å². The molecule has 0 aliphatic rings. The van der Waals surface area contributed by atoms with E-state index in [0.717, 1.165) is 30.7 Å². The van der Waals surface area contributed by atoms with Crippen molar-refractivity contribution in [3.63, 3.8) is 0 Å². The van der Waals surface area contributed by atoms with E-state index in [1.54, 1.807) is 0 Å². The van der Waals surface area contributed by atoms with E-state index in [4.69, 9.17) is 9.84 Å². The predicted octanol–water partition coefficient (Wildman–Crippen LogP) is 3.34. The number of carbonyl (C=O) groups is 1. The fraction of sp³-hybridized carbons (Fsp3) is 0.588. The molecule has 1 rings (SSSR count). The zero-order valence-corrected chi connectivity index (χ0v) is 13.3. The molecule has 0 saturated carbocycles. The maximum atomic E-state index is 10.6. The summed E-state index contributed by atoms with van der Waals surface area (Å²) in [6.07, 6.45) is 2.20. The third-order valence-corrected chi connectivity index (χ3v) is 3.53. The normalized spacial score (nSPS) is 11.1. The van der Waals surface area contributed by atoms with Crippen LogP contribution >= 0.6 is 0 Å². The summed E-state index contributed by atoms with van der Waals surface area (Å²) in [7, 11) is 0. The number of para-hydroxylation sites is 1. The molecule has 0 aliphatic heterocycles. The second kappa shape index (κ2) is 9.40. The van der Waals surface area contributed by atoms with Gasteiger partial charge in [0.15, 0.2) is 0 Å². The van der Waals surface area contributed by atoms with Gasteiger partial charge in [-0.25, -0.2) is 0 Å². The molecule has 0 heterocycles. The molecule has 0 amide bonds. The average Bonchev–Trinajstić information content (AvgIpc) is 2.43. The van der Waals surface area contributed by atoms with Crippen molar-refractivity contribution in [1.82, 2.24) is 4.90 Å². The highest BCUT2D eigenvalue weighted by Crippen LogP contribution is 2.16. The molecule has 4 nitrogen and oxygen atoms in total. The molecule has 0 saturated heterocycles.